The van der Waals surface area contributed by atoms with Crippen molar-refractivity contribution in [3.8, 4) is 10.6 Å². The largest absolute Gasteiger partial charge is 0.260 e. The van der Waals surface area contributed by atoms with E-state index in [1.165, 1.54) is 11.3 Å². The Kier molecular flexibility index (Phi) is 2.47. The van der Waals surface area contributed by atoms with Crippen LogP contribution in [0.3, 0.4) is 0 Å². The number of thiazole rings is 1. The van der Waals surface area contributed by atoms with Gasteiger partial charge in [0.1, 0.15) is 5.01 Å². The first-order valence-electron chi connectivity index (χ1n) is 4.78. The van der Waals surface area contributed by atoms with Crippen LogP contribution in [-0.4, -0.2) is 25.4 Å². The molecule has 0 unspecified atom stereocenters. The van der Waals surface area contributed by atoms with Crippen LogP contribution in [0.4, 0.5) is 11.6 Å². The van der Waals surface area contributed by atoms with E-state index in [1.54, 1.807) is 24.7 Å². The first kappa shape index (κ1) is 9.85. The second-order valence-corrected chi connectivity index (χ2v) is 4.01. The highest BCUT2D eigenvalue weighted by molar-refractivity contribution is 7.13. The quantitative estimate of drug-likeness (QED) is 0.694. The number of hydrogen-bond acceptors (Lipinski definition) is 6. The van der Waals surface area contributed by atoms with Crippen LogP contribution in [0.5, 0.6) is 0 Å². The van der Waals surface area contributed by atoms with Crippen molar-refractivity contribution in [2.45, 2.75) is 0 Å². The van der Waals surface area contributed by atoms with Gasteiger partial charge in [-0.15, -0.1) is 21.6 Å². The normalized spacial score (nSPS) is 11.3. The summed E-state index contributed by atoms with van der Waals surface area (Å²) in [6.07, 6.45) is 5.03. The molecule has 0 radical (unpaired) electrons. The van der Waals surface area contributed by atoms with Crippen LogP contribution in [0.15, 0.2) is 40.3 Å². The van der Waals surface area contributed by atoms with E-state index in [2.05, 4.69) is 35.6 Å². The van der Waals surface area contributed by atoms with Gasteiger partial charge in [0.05, 0.1) is 18.0 Å². The van der Waals surface area contributed by atoms with Crippen molar-refractivity contribution in [1.29, 1.82) is 0 Å². The Morgan fingerprint density at radius 1 is 1.12 bits per heavy atom. The lowest BCUT2D eigenvalue weighted by Crippen LogP contribution is -1.71. The molecule has 0 saturated carbocycles. The van der Waals surface area contributed by atoms with Crippen molar-refractivity contribution in [3.63, 3.8) is 0 Å². The molecule has 3 heterocycles. The molecule has 3 aromatic heterocycles. The lowest BCUT2D eigenvalue weighted by Gasteiger charge is -1.91. The molecule has 7 nitrogen and oxygen atoms in total. The highest BCUT2D eigenvalue weighted by Gasteiger charge is 2.09. The Morgan fingerprint density at radius 3 is 2.88 bits per heavy atom. The van der Waals surface area contributed by atoms with E-state index in [-0.39, 0.29) is 0 Å². The number of aromatic amines is 2. The van der Waals surface area contributed by atoms with Crippen molar-refractivity contribution in [3.05, 3.63) is 30.0 Å². The van der Waals surface area contributed by atoms with Gasteiger partial charge >= 0.3 is 0 Å². The fourth-order valence-electron chi connectivity index (χ4n) is 1.28. The smallest absolute Gasteiger partial charge is 0.180 e. The van der Waals surface area contributed by atoms with Gasteiger partial charge in [0.15, 0.2) is 11.6 Å². The highest BCUT2D eigenvalue weighted by Crippen LogP contribution is 2.30. The maximum absolute atomic E-state index is 4.20. The van der Waals surface area contributed by atoms with Crippen molar-refractivity contribution in [2.75, 3.05) is 0 Å². The predicted molar refractivity (Wildman–Crippen MR) is 62.5 cm³/mol. The first-order chi connectivity index (χ1) is 8.43. The van der Waals surface area contributed by atoms with Gasteiger partial charge in [-0.1, -0.05) is 0 Å². The van der Waals surface area contributed by atoms with Crippen LogP contribution in [0.1, 0.15) is 0 Å². The van der Waals surface area contributed by atoms with Crippen LogP contribution < -0.4 is 0 Å². The predicted octanol–water partition coefficient (Wildman–Crippen LogP) is 2.67. The van der Waals surface area contributed by atoms with Gasteiger partial charge < -0.3 is 0 Å². The standard InChI is InChI=1S/C9H7N7S/c1-2-11-13-7(1)14-16-8-6(5-12-15-8)9-10-3-4-17-9/h1-5H,(H,11,13)(H,12,15). The fraction of sp³-hybridized carbons (Fsp3) is 0. The minimum atomic E-state index is 0.578. The monoisotopic (exact) mass is 245 g/mol. The van der Waals surface area contributed by atoms with E-state index >= 15 is 0 Å². The second-order valence-electron chi connectivity index (χ2n) is 3.11. The molecule has 3 rings (SSSR count). The van der Waals surface area contributed by atoms with Crippen molar-refractivity contribution >= 4 is 23.0 Å². The number of aromatic nitrogens is 5. The summed E-state index contributed by atoms with van der Waals surface area (Å²) < 4.78 is 0. The third kappa shape index (κ3) is 1.97. The second kappa shape index (κ2) is 4.26. The van der Waals surface area contributed by atoms with E-state index in [9.17, 15) is 0 Å². The van der Waals surface area contributed by atoms with Gasteiger partial charge in [0, 0.05) is 17.6 Å². The maximum Gasteiger partial charge on any atom is 0.180 e. The van der Waals surface area contributed by atoms with E-state index in [0.29, 0.717) is 11.6 Å². The average Bonchev–Trinajstić information content (AvgIpc) is 3.09. The molecule has 8 heteroatoms. The molecule has 0 aliphatic rings. The lowest BCUT2D eigenvalue weighted by molar-refractivity contribution is 1.03. The van der Waals surface area contributed by atoms with Gasteiger partial charge in [0.25, 0.3) is 0 Å². The van der Waals surface area contributed by atoms with Gasteiger partial charge in [-0.3, -0.25) is 10.2 Å². The average molecular weight is 245 g/mol. The Balaban J connectivity index is 1.92. The summed E-state index contributed by atoms with van der Waals surface area (Å²) in [4.78, 5) is 4.20. The number of H-pyrrole nitrogens is 2. The minimum absolute atomic E-state index is 0.578. The summed E-state index contributed by atoms with van der Waals surface area (Å²) in [6.45, 7) is 0. The number of hydrogen-bond donors (Lipinski definition) is 2. The Labute approximate surface area is 99.6 Å². The molecule has 0 aliphatic heterocycles. The zero-order valence-corrected chi connectivity index (χ0v) is 9.35. The molecule has 0 aliphatic carbocycles. The Hall–Kier alpha value is -2.35. The summed E-state index contributed by atoms with van der Waals surface area (Å²) in [5, 5.41) is 24.0. The molecular weight excluding hydrogens is 238 g/mol. The molecule has 0 spiro atoms. The van der Waals surface area contributed by atoms with E-state index in [4.69, 9.17) is 0 Å². The SMILES string of the molecule is c1cc(N=Nc2[nH]ncc2-c2nccs2)[nH]n1. The molecule has 0 saturated heterocycles. The molecule has 0 fully saturated rings. The zero-order valence-electron chi connectivity index (χ0n) is 8.53. The summed E-state index contributed by atoms with van der Waals surface area (Å²) in [5.41, 5.74) is 0.836. The van der Waals surface area contributed by atoms with Gasteiger partial charge in [-0.2, -0.15) is 10.2 Å². The number of azo groups is 1. The number of rotatable bonds is 3. The minimum Gasteiger partial charge on any atom is -0.260 e. The van der Waals surface area contributed by atoms with Crippen LogP contribution >= 0.6 is 11.3 Å². The highest BCUT2D eigenvalue weighted by atomic mass is 32.1. The van der Waals surface area contributed by atoms with E-state index in [1.807, 2.05) is 5.38 Å². The third-order valence-corrected chi connectivity index (χ3v) is 2.83. The zero-order chi connectivity index (χ0) is 11.5. The summed E-state index contributed by atoms with van der Waals surface area (Å²) >= 11 is 1.53. The van der Waals surface area contributed by atoms with Crippen LogP contribution in [-0.2, 0) is 0 Å². The number of nitrogens with one attached hydrogen (secondary N) is 2. The van der Waals surface area contributed by atoms with E-state index in [0.717, 1.165) is 10.6 Å². The Bertz CT molecular complexity index is 608. The lowest BCUT2D eigenvalue weighted by atomic mass is 10.3. The van der Waals surface area contributed by atoms with Crippen LogP contribution in [0.25, 0.3) is 10.6 Å². The van der Waals surface area contributed by atoms with Gasteiger partial charge in [-0.25, -0.2) is 4.98 Å². The van der Waals surface area contributed by atoms with Gasteiger partial charge in [-0.05, 0) is 0 Å². The Morgan fingerprint density at radius 2 is 2.12 bits per heavy atom. The molecule has 0 bridgehead atoms. The maximum atomic E-state index is 4.20. The molecule has 0 atom stereocenters. The van der Waals surface area contributed by atoms with Crippen LogP contribution in [0.2, 0.25) is 0 Å². The van der Waals surface area contributed by atoms with E-state index < -0.39 is 0 Å². The summed E-state index contributed by atoms with van der Waals surface area (Å²) in [6, 6.07) is 1.73. The molecule has 3 aromatic rings. The third-order valence-electron chi connectivity index (χ3n) is 2.03. The molecule has 17 heavy (non-hydrogen) atoms. The van der Waals surface area contributed by atoms with Crippen molar-refractivity contribution in [1.82, 2.24) is 25.4 Å². The van der Waals surface area contributed by atoms with Gasteiger partial charge in [0.2, 0.25) is 0 Å². The first-order valence-corrected chi connectivity index (χ1v) is 5.66. The fourth-order valence-corrected chi connectivity index (χ4v) is 1.93. The molecule has 2 N–H and O–H groups in total. The van der Waals surface area contributed by atoms with Crippen LogP contribution in [0, 0.1) is 0 Å². The topological polar surface area (TPSA) is 95.0 Å². The molecular formula is C9H7N7S. The molecule has 0 aromatic carbocycles. The van der Waals surface area contributed by atoms with Crippen molar-refractivity contribution in [2.24, 2.45) is 10.2 Å². The molecule has 0 amide bonds. The number of nitrogens with zero attached hydrogens (tertiary/aromatic N) is 5. The summed E-state index contributed by atoms with van der Waals surface area (Å²) in [7, 11) is 0. The summed E-state index contributed by atoms with van der Waals surface area (Å²) in [5.74, 6) is 1.17. The van der Waals surface area contributed by atoms with Crippen molar-refractivity contribution < 1.29 is 0 Å². The molecule has 84 valence electrons.